The van der Waals surface area contributed by atoms with Crippen LogP contribution in [0.5, 0.6) is 11.5 Å². The average molecular weight is 903 g/mol. The third kappa shape index (κ3) is 8.55. The molecule has 2 fully saturated rings. The molecule has 0 radical (unpaired) electrons. The van der Waals surface area contributed by atoms with Crippen LogP contribution in [0, 0.1) is 6.92 Å². The van der Waals surface area contributed by atoms with Gasteiger partial charge in [-0.25, -0.2) is 9.59 Å². The van der Waals surface area contributed by atoms with E-state index in [1.807, 2.05) is 49.4 Å². The molecular weight excluding hydrogens is 859 g/mol. The van der Waals surface area contributed by atoms with E-state index in [2.05, 4.69) is 42.1 Å². The Bertz CT molecular complexity index is 2580. The number of aryl methyl sites for hydroxylation is 1. The monoisotopic (exact) mass is 900 g/mol. The number of anilines is 2. The topological polar surface area (TPSA) is 123 Å². The standard InChI is InChI=1S/C45H43BrCl2N4O7/c1-3-6-28-7-4-8-29(25-49-13-5-14-51(18-15-49)36-10-12-38-33(41(36)46)24-39(57-38)44(54)55)43(28)59-45(56)40-23-32-27(2)35(9-11-37(32)58-40)52-19-16-50(17-20-52)26-30-21-31(47)22-34(48)42(30)53/h3-4,7-12,21-24,53H,1,5-6,13-20,25-26H2,2H3,(H,54,55). The number of piperazine rings is 1. The van der Waals surface area contributed by atoms with E-state index in [0.29, 0.717) is 47.0 Å². The molecule has 0 spiro atoms. The van der Waals surface area contributed by atoms with E-state index in [1.165, 1.54) is 0 Å². The highest BCUT2D eigenvalue weighted by molar-refractivity contribution is 9.10. The number of carbonyl (C=O) groups excluding carboxylic acids is 1. The van der Waals surface area contributed by atoms with Crippen molar-refractivity contribution in [3.8, 4) is 11.5 Å². The van der Waals surface area contributed by atoms with Crippen molar-refractivity contribution in [2.24, 2.45) is 0 Å². The molecule has 0 atom stereocenters. The summed E-state index contributed by atoms with van der Waals surface area (Å²) in [4.78, 5) is 34.7. The summed E-state index contributed by atoms with van der Waals surface area (Å²) in [6, 6.07) is 20.3. The number of para-hydroxylation sites is 1. The van der Waals surface area contributed by atoms with Gasteiger partial charge in [-0.1, -0.05) is 47.5 Å². The molecule has 59 heavy (non-hydrogen) atoms. The van der Waals surface area contributed by atoms with Gasteiger partial charge in [0.05, 0.1) is 15.2 Å². The molecule has 0 aliphatic carbocycles. The molecule has 0 amide bonds. The largest absolute Gasteiger partial charge is 0.506 e. The fourth-order valence-electron chi connectivity index (χ4n) is 8.19. The number of carboxylic acids is 1. The molecule has 0 bridgehead atoms. The zero-order valence-corrected chi connectivity index (χ0v) is 35.6. The van der Waals surface area contributed by atoms with Crippen molar-refractivity contribution in [2.75, 3.05) is 62.2 Å². The Labute approximate surface area is 360 Å². The number of hydrogen-bond donors (Lipinski definition) is 2. The number of fused-ring (bicyclic) bond motifs is 2. The molecule has 2 aliphatic heterocycles. The number of halogens is 3. The molecule has 2 saturated heterocycles. The van der Waals surface area contributed by atoms with Gasteiger partial charge in [0, 0.05) is 104 Å². The van der Waals surface area contributed by atoms with Crippen molar-refractivity contribution in [3.05, 3.63) is 128 Å². The van der Waals surface area contributed by atoms with Crippen molar-refractivity contribution in [3.63, 3.8) is 0 Å². The van der Waals surface area contributed by atoms with Crippen molar-refractivity contribution in [1.29, 1.82) is 0 Å². The smallest absolute Gasteiger partial charge is 0.379 e. The first-order chi connectivity index (χ1) is 28.5. The molecule has 8 rings (SSSR count). The number of aromatic hydroxyl groups is 1. The van der Waals surface area contributed by atoms with E-state index in [0.717, 1.165) is 102 Å². The van der Waals surface area contributed by atoms with Crippen molar-refractivity contribution in [1.82, 2.24) is 9.80 Å². The highest BCUT2D eigenvalue weighted by Gasteiger charge is 2.26. The van der Waals surface area contributed by atoms with Gasteiger partial charge in [-0.05, 0) is 89.3 Å². The van der Waals surface area contributed by atoms with E-state index >= 15 is 0 Å². The summed E-state index contributed by atoms with van der Waals surface area (Å²) in [6.45, 7) is 13.4. The number of furan rings is 2. The van der Waals surface area contributed by atoms with E-state index in [4.69, 9.17) is 36.8 Å². The van der Waals surface area contributed by atoms with E-state index < -0.39 is 11.9 Å². The number of benzene rings is 4. The van der Waals surface area contributed by atoms with Gasteiger partial charge in [0.25, 0.3) is 0 Å². The highest BCUT2D eigenvalue weighted by atomic mass is 79.9. The van der Waals surface area contributed by atoms with Gasteiger partial charge in [-0.3, -0.25) is 9.80 Å². The molecule has 306 valence electrons. The number of phenolic OH excluding ortho intramolecular Hbond substituents is 1. The Morgan fingerprint density at radius 1 is 0.797 bits per heavy atom. The molecule has 2 N–H and O–H groups in total. The summed E-state index contributed by atoms with van der Waals surface area (Å²) < 4.78 is 18.7. The molecule has 2 aromatic heterocycles. The average Bonchev–Trinajstić information content (AvgIpc) is 3.80. The molecule has 2 aliphatic rings. The third-order valence-electron chi connectivity index (χ3n) is 11.2. The van der Waals surface area contributed by atoms with Crippen LogP contribution in [0.4, 0.5) is 11.4 Å². The fourth-order valence-corrected chi connectivity index (χ4v) is 9.42. The summed E-state index contributed by atoms with van der Waals surface area (Å²) in [5.74, 6) is -1.05. The predicted molar refractivity (Wildman–Crippen MR) is 235 cm³/mol. The number of carboxylic acid groups (broad SMARTS) is 1. The number of carbonyl (C=O) groups is 2. The molecule has 0 saturated carbocycles. The zero-order chi connectivity index (χ0) is 41.4. The van der Waals surface area contributed by atoms with Crippen molar-refractivity contribution in [2.45, 2.75) is 32.9 Å². The van der Waals surface area contributed by atoms with Crippen LogP contribution in [0.1, 0.15) is 49.8 Å². The lowest BCUT2D eigenvalue weighted by Gasteiger charge is -2.37. The molecular formula is C45H43BrCl2N4O7. The summed E-state index contributed by atoms with van der Waals surface area (Å²) in [5, 5.41) is 22.2. The molecule has 6 aromatic rings. The Kier molecular flexibility index (Phi) is 12.0. The third-order valence-corrected chi connectivity index (χ3v) is 12.6. The number of phenols is 1. The summed E-state index contributed by atoms with van der Waals surface area (Å²) in [5.41, 5.74) is 6.66. The normalized spacial score (nSPS) is 15.5. The molecule has 4 aromatic carbocycles. The van der Waals surface area contributed by atoms with Crippen LogP contribution in [0.2, 0.25) is 10.0 Å². The first-order valence-electron chi connectivity index (χ1n) is 19.5. The summed E-state index contributed by atoms with van der Waals surface area (Å²) in [6.07, 6.45) is 3.23. The first-order valence-corrected chi connectivity index (χ1v) is 21.1. The lowest BCUT2D eigenvalue weighted by molar-refractivity contribution is 0.0662. The second kappa shape index (κ2) is 17.3. The lowest BCUT2D eigenvalue weighted by atomic mass is 10.0. The second-order valence-corrected chi connectivity index (χ2v) is 16.7. The van der Waals surface area contributed by atoms with Crippen molar-refractivity contribution >= 4 is 84.4 Å². The van der Waals surface area contributed by atoms with Crippen LogP contribution in [0.3, 0.4) is 0 Å². The molecule has 14 heteroatoms. The maximum absolute atomic E-state index is 13.9. The van der Waals surface area contributed by atoms with Gasteiger partial charge in [0.1, 0.15) is 22.7 Å². The van der Waals surface area contributed by atoms with Gasteiger partial charge in [-0.2, -0.15) is 0 Å². The van der Waals surface area contributed by atoms with Gasteiger partial charge in [0.15, 0.2) is 0 Å². The van der Waals surface area contributed by atoms with Crippen LogP contribution in [-0.2, 0) is 19.5 Å². The number of aromatic carboxylic acids is 1. The maximum atomic E-state index is 13.9. The number of nitrogens with zero attached hydrogens (tertiary/aromatic N) is 4. The Morgan fingerprint density at radius 3 is 2.15 bits per heavy atom. The number of hydrogen-bond acceptors (Lipinski definition) is 10. The SMILES string of the molecule is C=CCc1cccc(CN2CCCN(c3ccc4oc(C(=O)O)cc4c3Br)CC2)c1OC(=O)c1cc2c(C)c(N3CCN(Cc4cc(Cl)cc(Cl)c4O)CC3)ccc2o1. The van der Waals surface area contributed by atoms with Crippen LogP contribution >= 0.6 is 39.1 Å². The lowest BCUT2D eigenvalue weighted by Crippen LogP contribution is -2.46. The molecule has 0 unspecified atom stereocenters. The second-order valence-electron chi connectivity index (χ2n) is 15.0. The van der Waals surface area contributed by atoms with E-state index in [-0.39, 0.29) is 22.3 Å². The van der Waals surface area contributed by atoms with Gasteiger partial charge in [0.2, 0.25) is 11.5 Å². The minimum atomic E-state index is -1.10. The van der Waals surface area contributed by atoms with E-state index in [1.54, 1.807) is 30.3 Å². The van der Waals surface area contributed by atoms with Crippen LogP contribution in [0.15, 0.2) is 92.7 Å². The van der Waals surface area contributed by atoms with Gasteiger partial charge in [-0.15, -0.1) is 6.58 Å². The Morgan fingerprint density at radius 2 is 1.42 bits per heavy atom. The number of allylic oxidation sites excluding steroid dienone is 1. The molecule has 4 heterocycles. The van der Waals surface area contributed by atoms with Crippen LogP contribution in [-0.4, -0.2) is 84.3 Å². The zero-order valence-electron chi connectivity index (χ0n) is 32.5. The number of esters is 1. The first kappa shape index (κ1) is 40.8. The number of rotatable bonds is 11. The summed E-state index contributed by atoms with van der Waals surface area (Å²) >= 11 is 16.1. The minimum absolute atomic E-state index is 0.0653. The maximum Gasteiger partial charge on any atom is 0.379 e. The van der Waals surface area contributed by atoms with Crippen molar-refractivity contribution < 1.29 is 33.4 Å². The predicted octanol–water partition coefficient (Wildman–Crippen LogP) is 9.94. The highest BCUT2D eigenvalue weighted by Crippen LogP contribution is 2.38. The Hall–Kier alpha value is -4.98. The Balaban J connectivity index is 0.949. The quantitative estimate of drug-likeness (QED) is 0.0734. The fraction of sp³-hybridized carbons (Fsp3) is 0.289. The van der Waals surface area contributed by atoms with E-state index in [9.17, 15) is 19.8 Å². The van der Waals surface area contributed by atoms with Crippen LogP contribution in [0.25, 0.3) is 21.9 Å². The number of ether oxygens (including phenoxy) is 1. The summed E-state index contributed by atoms with van der Waals surface area (Å²) in [7, 11) is 0. The van der Waals surface area contributed by atoms with Gasteiger partial charge >= 0.3 is 11.9 Å². The minimum Gasteiger partial charge on any atom is -0.506 e. The van der Waals surface area contributed by atoms with Gasteiger partial charge < -0.3 is 33.6 Å². The molecule has 11 nitrogen and oxygen atoms in total. The van der Waals surface area contributed by atoms with Crippen LogP contribution < -0.4 is 14.5 Å².